The van der Waals surface area contributed by atoms with Gasteiger partial charge in [-0.3, -0.25) is 13.8 Å². The number of nitrogens with one attached hydrogen (secondary N) is 1. The highest BCUT2D eigenvalue weighted by Gasteiger charge is 2.28. The Morgan fingerprint density at radius 3 is 1.46 bits per heavy atom. The first-order chi connectivity index (χ1) is 22.3. The predicted molar refractivity (Wildman–Crippen MR) is 191 cm³/mol. The van der Waals surface area contributed by atoms with Gasteiger partial charge >= 0.3 is 7.82 Å². The summed E-state index contributed by atoms with van der Waals surface area (Å²) in [5.74, 6) is -0.413. The van der Waals surface area contributed by atoms with Crippen molar-refractivity contribution in [3.05, 3.63) is 0 Å². The van der Waals surface area contributed by atoms with E-state index in [2.05, 4.69) is 19.2 Å². The van der Waals surface area contributed by atoms with E-state index in [-0.39, 0.29) is 26.2 Å². The standard InChI is InChI=1S/C36H75N2O7P/c1-3-5-7-9-11-13-15-16-18-20-22-24-26-28-35(40)34(32-45-46(42,43)44-30-29-37)38-36(41)31-33(39)27-25-23-21-19-17-14-12-10-8-6-4-2/h33-35,39-40H,3-32,37H2,1-2H3,(H,38,41)(H,42,43). The summed E-state index contributed by atoms with van der Waals surface area (Å²) in [5, 5.41) is 24.0. The highest BCUT2D eigenvalue weighted by atomic mass is 31.2. The van der Waals surface area contributed by atoms with Crippen molar-refractivity contribution in [3.8, 4) is 0 Å². The molecule has 0 aromatic heterocycles. The van der Waals surface area contributed by atoms with Crippen LogP contribution in [-0.4, -0.2) is 59.0 Å². The molecule has 1 amide bonds. The second kappa shape index (κ2) is 33.0. The molecule has 0 bridgehead atoms. The lowest BCUT2D eigenvalue weighted by Gasteiger charge is -2.25. The third-order valence-electron chi connectivity index (χ3n) is 8.77. The SMILES string of the molecule is CCCCCCCCCCCCCCCC(O)C(COP(=O)(O)OCCN)NC(=O)CC(O)CCCCCCCCCCCCC. The van der Waals surface area contributed by atoms with E-state index in [1.54, 1.807) is 0 Å². The van der Waals surface area contributed by atoms with Crippen molar-refractivity contribution in [1.82, 2.24) is 5.32 Å². The first-order valence-electron chi connectivity index (χ1n) is 19.2. The van der Waals surface area contributed by atoms with Crippen molar-refractivity contribution in [2.24, 2.45) is 5.73 Å². The van der Waals surface area contributed by atoms with Gasteiger partial charge in [0.25, 0.3) is 0 Å². The van der Waals surface area contributed by atoms with E-state index in [9.17, 15) is 24.5 Å². The fourth-order valence-corrected chi connectivity index (χ4v) is 6.59. The van der Waals surface area contributed by atoms with Gasteiger partial charge in [0.15, 0.2) is 0 Å². The Morgan fingerprint density at radius 1 is 0.652 bits per heavy atom. The molecule has 46 heavy (non-hydrogen) atoms. The molecule has 0 radical (unpaired) electrons. The maximum absolute atomic E-state index is 12.7. The minimum Gasteiger partial charge on any atom is -0.393 e. The number of hydrogen-bond acceptors (Lipinski definition) is 7. The average molecular weight is 679 g/mol. The van der Waals surface area contributed by atoms with Gasteiger partial charge in [-0.25, -0.2) is 4.57 Å². The van der Waals surface area contributed by atoms with Crippen LogP contribution in [0.5, 0.6) is 0 Å². The van der Waals surface area contributed by atoms with Crippen molar-refractivity contribution in [2.45, 2.75) is 205 Å². The monoisotopic (exact) mass is 679 g/mol. The average Bonchev–Trinajstić information content (AvgIpc) is 3.03. The molecule has 0 aromatic rings. The van der Waals surface area contributed by atoms with Crippen LogP contribution in [0.4, 0.5) is 0 Å². The van der Waals surface area contributed by atoms with Gasteiger partial charge in [0.05, 0.1) is 37.9 Å². The molecule has 0 saturated heterocycles. The second-order valence-corrected chi connectivity index (χ2v) is 14.8. The summed E-state index contributed by atoms with van der Waals surface area (Å²) < 4.78 is 22.0. The summed E-state index contributed by atoms with van der Waals surface area (Å²) in [6.45, 7) is 4.03. The van der Waals surface area contributed by atoms with Crippen molar-refractivity contribution in [2.75, 3.05) is 19.8 Å². The summed E-state index contributed by atoms with van der Waals surface area (Å²) in [6, 6.07) is -0.888. The third kappa shape index (κ3) is 30.8. The number of amides is 1. The quantitative estimate of drug-likeness (QED) is 0.0326. The number of unbranched alkanes of at least 4 members (excludes halogenated alkanes) is 22. The van der Waals surface area contributed by atoms with Gasteiger partial charge in [0.1, 0.15) is 0 Å². The number of nitrogens with two attached hydrogens (primary N) is 1. The lowest BCUT2D eigenvalue weighted by atomic mass is 10.0. The van der Waals surface area contributed by atoms with E-state index >= 15 is 0 Å². The fourth-order valence-electron chi connectivity index (χ4n) is 5.83. The smallest absolute Gasteiger partial charge is 0.393 e. The van der Waals surface area contributed by atoms with E-state index in [4.69, 9.17) is 14.8 Å². The number of rotatable bonds is 36. The molecule has 0 fully saturated rings. The van der Waals surface area contributed by atoms with Gasteiger partial charge in [0.2, 0.25) is 5.91 Å². The Kier molecular flexibility index (Phi) is 32.6. The zero-order valence-corrected chi connectivity index (χ0v) is 30.8. The number of phosphoric ester groups is 1. The Labute approximate surface area is 283 Å². The molecule has 4 unspecified atom stereocenters. The molecular formula is C36H75N2O7P. The molecule has 0 aliphatic carbocycles. The van der Waals surface area contributed by atoms with E-state index in [1.165, 1.54) is 116 Å². The highest BCUT2D eigenvalue weighted by molar-refractivity contribution is 7.47. The first-order valence-corrected chi connectivity index (χ1v) is 20.7. The molecule has 0 spiro atoms. The molecule has 276 valence electrons. The lowest BCUT2D eigenvalue weighted by Crippen LogP contribution is -2.47. The summed E-state index contributed by atoms with van der Waals surface area (Å²) >= 11 is 0. The Bertz CT molecular complexity index is 716. The zero-order valence-electron chi connectivity index (χ0n) is 29.9. The molecule has 4 atom stereocenters. The second-order valence-electron chi connectivity index (χ2n) is 13.3. The van der Waals surface area contributed by atoms with E-state index in [1.807, 2.05) is 0 Å². The van der Waals surface area contributed by atoms with Gasteiger partial charge in [-0.15, -0.1) is 0 Å². The van der Waals surface area contributed by atoms with Crippen LogP contribution in [0.1, 0.15) is 187 Å². The van der Waals surface area contributed by atoms with Crippen LogP contribution in [-0.2, 0) is 18.4 Å². The molecule has 0 aliphatic heterocycles. The molecule has 0 saturated carbocycles. The summed E-state index contributed by atoms with van der Waals surface area (Å²) in [5.41, 5.74) is 5.35. The maximum Gasteiger partial charge on any atom is 0.472 e. The van der Waals surface area contributed by atoms with Crippen LogP contribution in [0, 0.1) is 0 Å². The van der Waals surface area contributed by atoms with E-state index in [0.29, 0.717) is 12.8 Å². The fraction of sp³-hybridized carbons (Fsp3) is 0.972. The number of aliphatic hydroxyl groups is 2. The molecule has 0 rings (SSSR count). The summed E-state index contributed by atoms with van der Waals surface area (Å²) in [7, 11) is -4.36. The topological polar surface area (TPSA) is 151 Å². The van der Waals surface area contributed by atoms with Crippen molar-refractivity contribution < 1.29 is 33.5 Å². The zero-order chi connectivity index (χ0) is 34.1. The van der Waals surface area contributed by atoms with E-state index < -0.39 is 32.0 Å². The summed E-state index contributed by atoms with van der Waals surface area (Å²) in [6.07, 6.45) is 28.6. The Morgan fingerprint density at radius 2 is 1.04 bits per heavy atom. The molecule has 9 nitrogen and oxygen atoms in total. The Hall–Kier alpha value is -0.540. The highest BCUT2D eigenvalue weighted by Crippen LogP contribution is 2.43. The molecule has 0 aliphatic rings. The lowest BCUT2D eigenvalue weighted by molar-refractivity contribution is -0.125. The maximum atomic E-state index is 12.7. The first kappa shape index (κ1) is 45.5. The van der Waals surface area contributed by atoms with Gasteiger partial charge in [-0.05, 0) is 12.8 Å². The number of phosphoric acid groups is 1. The molecular weight excluding hydrogens is 603 g/mol. The van der Waals surface area contributed by atoms with Crippen LogP contribution in [0.25, 0.3) is 0 Å². The van der Waals surface area contributed by atoms with E-state index in [0.717, 1.165) is 38.5 Å². The largest absolute Gasteiger partial charge is 0.472 e. The third-order valence-corrected chi connectivity index (χ3v) is 9.75. The minimum atomic E-state index is -4.36. The van der Waals surface area contributed by atoms with Gasteiger partial charge in [-0.2, -0.15) is 0 Å². The number of hydrogen-bond donors (Lipinski definition) is 5. The van der Waals surface area contributed by atoms with Gasteiger partial charge in [0, 0.05) is 6.54 Å². The normalized spacial score (nSPS) is 15.0. The number of carbonyl (C=O) groups is 1. The molecule has 10 heteroatoms. The van der Waals surface area contributed by atoms with Crippen molar-refractivity contribution in [3.63, 3.8) is 0 Å². The minimum absolute atomic E-state index is 0.0623. The molecule has 6 N–H and O–H groups in total. The van der Waals surface area contributed by atoms with Crippen LogP contribution in [0.15, 0.2) is 0 Å². The molecule has 0 heterocycles. The van der Waals surface area contributed by atoms with Crippen molar-refractivity contribution in [1.29, 1.82) is 0 Å². The number of aliphatic hydroxyl groups excluding tert-OH is 2. The number of carbonyl (C=O) groups excluding carboxylic acids is 1. The summed E-state index contributed by atoms with van der Waals surface area (Å²) in [4.78, 5) is 22.6. The predicted octanol–water partition coefficient (Wildman–Crippen LogP) is 8.86. The molecule has 0 aromatic carbocycles. The van der Waals surface area contributed by atoms with Gasteiger partial charge < -0.3 is 26.2 Å². The van der Waals surface area contributed by atoms with Crippen LogP contribution in [0.3, 0.4) is 0 Å². The van der Waals surface area contributed by atoms with Crippen LogP contribution < -0.4 is 11.1 Å². The van der Waals surface area contributed by atoms with Crippen LogP contribution in [0.2, 0.25) is 0 Å². The van der Waals surface area contributed by atoms with Crippen LogP contribution >= 0.6 is 7.82 Å². The van der Waals surface area contributed by atoms with Crippen molar-refractivity contribution >= 4 is 13.7 Å². The Balaban J connectivity index is 4.36. The van der Waals surface area contributed by atoms with Gasteiger partial charge in [-0.1, -0.05) is 168 Å².